The highest BCUT2D eigenvalue weighted by atomic mass is 16.5. The normalized spacial score (nSPS) is 10.7. The zero-order valence-corrected chi connectivity index (χ0v) is 14.8. The zero-order valence-electron chi connectivity index (χ0n) is 14.8. The predicted octanol–water partition coefficient (Wildman–Crippen LogP) is 4.50. The van der Waals surface area contributed by atoms with Gasteiger partial charge in [0.15, 0.2) is 0 Å². The SMILES string of the molecule is CCn1c(NC(=O)c2cccnc2Oc2ccccc2)nc2ccccc21. The number of hydrogen-bond acceptors (Lipinski definition) is 4. The van der Waals surface area contributed by atoms with E-state index in [-0.39, 0.29) is 11.8 Å². The predicted molar refractivity (Wildman–Crippen MR) is 104 cm³/mol. The van der Waals surface area contributed by atoms with E-state index in [4.69, 9.17) is 4.74 Å². The molecule has 0 spiro atoms. The van der Waals surface area contributed by atoms with Gasteiger partial charge in [0.25, 0.3) is 5.91 Å². The molecular formula is C21H18N4O2. The van der Waals surface area contributed by atoms with Crippen LogP contribution in [-0.4, -0.2) is 20.4 Å². The number of rotatable bonds is 5. The van der Waals surface area contributed by atoms with Crippen molar-refractivity contribution in [1.29, 1.82) is 0 Å². The fourth-order valence-electron chi connectivity index (χ4n) is 2.91. The summed E-state index contributed by atoms with van der Waals surface area (Å²) in [6, 6.07) is 20.4. The number of pyridine rings is 1. The van der Waals surface area contributed by atoms with Crippen LogP contribution in [-0.2, 0) is 6.54 Å². The molecule has 0 atom stereocenters. The summed E-state index contributed by atoms with van der Waals surface area (Å²) < 4.78 is 7.74. The number of benzene rings is 2. The number of fused-ring (bicyclic) bond motifs is 1. The lowest BCUT2D eigenvalue weighted by Crippen LogP contribution is -2.17. The maximum atomic E-state index is 12.9. The van der Waals surface area contributed by atoms with Crippen molar-refractivity contribution < 1.29 is 9.53 Å². The summed E-state index contributed by atoms with van der Waals surface area (Å²) in [4.78, 5) is 21.6. The average Bonchev–Trinajstić information content (AvgIpc) is 3.06. The lowest BCUT2D eigenvalue weighted by atomic mass is 10.2. The fourth-order valence-corrected chi connectivity index (χ4v) is 2.91. The summed E-state index contributed by atoms with van der Waals surface area (Å²) in [6.45, 7) is 2.70. The van der Waals surface area contributed by atoms with Gasteiger partial charge in [-0.15, -0.1) is 0 Å². The number of ether oxygens (including phenoxy) is 1. The minimum Gasteiger partial charge on any atom is -0.438 e. The molecule has 2 aromatic carbocycles. The van der Waals surface area contributed by atoms with E-state index in [1.165, 1.54) is 0 Å². The second-order valence-corrected chi connectivity index (χ2v) is 5.89. The highest BCUT2D eigenvalue weighted by molar-refractivity contribution is 6.05. The minimum atomic E-state index is -0.320. The van der Waals surface area contributed by atoms with Crippen molar-refractivity contribution in [3.63, 3.8) is 0 Å². The summed E-state index contributed by atoms with van der Waals surface area (Å²) in [7, 11) is 0. The Labute approximate surface area is 156 Å². The number of imidazole rings is 1. The van der Waals surface area contributed by atoms with Crippen LogP contribution >= 0.6 is 0 Å². The molecule has 27 heavy (non-hydrogen) atoms. The van der Waals surface area contributed by atoms with Crippen LogP contribution in [0.3, 0.4) is 0 Å². The second kappa shape index (κ2) is 7.29. The molecule has 0 bridgehead atoms. The molecule has 0 radical (unpaired) electrons. The van der Waals surface area contributed by atoms with Gasteiger partial charge in [-0.3, -0.25) is 10.1 Å². The van der Waals surface area contributed by atoms with E-state index in [2.05, 4.69) is 15.3 Å². The van der Waals surface area contributed by atoms with Crippen molar-refractivity contribution in [2.75, 3.05) is 5.32 Å². The fraction of sp³-hybridized carbons (Fsp3) is 0.0952. The van der Waals surface area contributed by atoms with Gasteiger partial charge in [0.1, 0.15) is 11.3 Å². The Morgan fingerprint density at radius 2 is 1.81 bits per heavy atom. The number of carbonyl (C=O) groups is 1. The van der Waals surface area contributed by atoms with Crippen LogP contribution < -0.4 is 10.1 Å². The van der Waals surface area contributed by atoms with Crippen molar-refractivity contribution in [2.24, 2.45) is 0 Å². The lowest BCUT2D eigenvalue weighted by Gasteiger charge is -2.11. The van der Waals surface area contributed by atoms with E-state index < -0.39 is 0 Å². The molecule has 134 valence electrons. The van der Waals surface area contributed by atoms with Gasteiger partial charge in [-0.25, -0.2) is 9.97 Å². The van der Waals surface area contributed by atoms with Gasteiger partial charge in [0.05, 0.1) is 11.0 Å². The molecule has 2 aromatic heterocycles. The van der Waals surface area contributed by atoms with Crippen molar-refractivity contribution in [3.8, 4) is 11.6 Å². The average molecular weight is 358 g/mol. The number of nitrogens with one attached hydrogen (secondary N) is 1. The maximum absolute atomic E-state index is 12.9. The van der Waals surface area contributed by atoms with Crippen LogP contribution in [0.2, 0.25) is 0 Å². The highest BCUT2D eigenvalue weighted by Gasteiger charge is 2.18. The molecule has 1 N–H and O–H groups in total. The Balaban J connectivity index is 1.64. The van der Waals surface area contributed by atoms with Gasteiger partial charge in [-0.1, -0.05) is 30.3 Å². The van der Waals surface area contributed by atoms with Crippen molar-refractivity contribution in [3.05, 3.63) is 78.5 Å². The zero-order chi connectivity index (χ0) is 18.6. The first-order valence-electron chi connectivity index (χ1n) is 8.71. The van der Waals surface area contributed by atoms with E-state index >= 15 is 0 Å². The molecular weight excluding hydrogens is 340 g/mol. The number of aromatic nitrogens is 3. The van der Waals surface area contributed by atoms with Gasteiger partial charge in [-0.2, -0.15) is 0 Å². The number of nitrogens with zero attached hydrogens (tertiary/aromatic N) is 3. The van der Waals surface area contributed by atoms with Gasteiger partial charge in [0, 0.05) is 12.7 Å². The van der Waals surface area contributed by atoms with Crippen molar-refractivity contribution in [2.45, 2.75) is 13.5 Å². The summed E-state index contributed by atoms with van der Waals surface area (Å²) in [5, 5.41) is 2.89. The molecule has 0 aliphatic carbocycles. The topological polar surface area (TPSA) is 69.0 Å². The van der Waals surface area contributed by atoms with Crippen LogP contribution in [0.1, 0.15) is 17.3 Å². The summed E-state index contributed by atoms with van der Waals surface area (Å²) >= 11 is 0. The Morgan fingerprint density at radius 1 is 1.04 bits per heavy atom. The van der Waals surface area contributed by atoms with Crippen molar-refractivity contribution >= 4 is 22.9 Å². The summed E-state index contributed by atoms with van der Waals surface area (Å²) in [5.41, 5.74) is 2.15. The van der Waals surface area contributed by atoms with E-state index in [0.717, 1.165) is 11.0 Å². The van der Waals surface area contributed by atoms with Crippen LogP contribution in [0.15, 0.2) is 72.9 Å². The molecule has 4 rings (SSSR count). The molecule has 0 unspecified atom stereocenters. The molecule has 6 nitrogen and oxygen atoms in total. The third-order valence-electron chi connectivity index (χ3n) is 4.17. The van der Waals surface area contributed by atoms with Gasteiger partial charge in [-0.05, 0) is 43.3 Å². The number of amides is 1. The molecule has 0 aliphatic rings. The molecule has 2 heterocycles. The Kier molecular flexibility index (Phi) is 4.53. The number of hydrogen-bond donors (Lipinski definition) is 1. The smallest absolute Gasteiger partial charge is 0.263 e. The van der Waals surface area contributed by atoms with Gasteiger partial charge >= 0.3 is 0 Å². The van der Waals surface area contributed by atoms with Gasteiger partial charge < -0.3 is 9.30 Å². The Morgan fingerprint density at radius 3 is 2.63 bits per heavy atom. The van der Waals surface area contributed by atoms with Crippen LogP contribution in [0, 0.1) is 0 Å². The molecule has 0 aliphatic heterocycles. The highest BCUT2D eigenvalue weighted by Crippen LogP contribution is 2.24. The Bertz CT molecular complexity index is 1090. The maximum Gasteiger partial charge on any atom is 0.263 e. The molecule has 0 fully saturated rings. The van der Waals surface area contributed by atoms with Gasteiger partial charge in [0.2, 0.25) is 11.8 Å². The number of para-hydroxylation sites is 3. The molecule has 4 aromatic rings. The Hall–Kier alpha value is -3.67. The van der Waals surface area contributed by atoms with E-state index in [1.807, 2.05) is 66.1 Å². The molecule has 0 saturated heterocycles. The molecule has 0 saturated carbocycles. The van der Waals surface area contributed by atoms with E-state index in [1.54, 1.807) is 18.3 Å². The second-order valence-electron chi connectivity index (χ2n) is 5.89. The largest absolute Gasteiger partial charge is 0.438 e. The van der Waals surface area contributed by atoms with E-state index in [0.29, 0.717) is 23.8 Å². The van der Waals surface area contributed by atoms with Crippen LogP contribution in [0.25, 0.3) is 11.0 Å². The number of anilines is 1. The number of carbonyl (C=O) groups excluding carboxylic acids is 1. The molecule has 6 heteroatoms. The molecule has 1 amide bonds. The van der Waals surface area contributed by atoms with Crippen LogP contribution in [0.4, 0.5) is 5.95 Å². The summed E-state index contributed by atoms with van der Waals surface area (Å²) in [5.74, 6) is 1.05. The number of aryl methyl sites for hydroxylation is 1. The van der Waals surface area contributed by atoms with E-state index in [9.17, 15) is 4.79 Å². The first-order chi connectivity index (χ1) is 13.3. The standard InChI is InChI=1S/C21H18N4O2/c1-2-25-18-13-7-6-12-17(18)23-21(25)24-19(26)16-11-8-14-22-20(16)27-15-9-4-3-5-10-15/h3-14H,2H2,1H3,(H,23,24,26). The lowest BCUT2D eigenvalue weighted by molar-refractivity contribution is 0.102. The first-order valence-corrected chi connectivity index (χ1v) is 8.71. The summed E-state index contributed by atoms with van der Waals surface area (Å²) in [6.07, 6.45) is 1.59. The third kappa shape index (κ3) is 3.37. The van der Waals surface area contributed by atoms with Crippen LogP contribution in [0.5, 0.6) is 11.6 Å². The third-order valence-corrected chi connectivity index (χ3v) is 4.17. The monoisotopic (exact) mass is 358 g/mol. The minimum absolute atomic E-state index is 0.250. The van der Waals surface area contributed by atoms with Crippen molar-refractivity contribution in [1.82, 2.24) is 14.5 Å². The quantitative estimate of drug-likeness (QED) is 0.570. The first kappa shape index (κ1) is 16.8.